The summed E-state index contributed by atoms with van der Waals surface area (Å²) in [5.74, 6) is -1.04. The molecule has 3 aromatic carbocycles. The van der Waals surface area contributed by atoms with Gasteiger partial charge in [0, 0.05) is 12.2 Å². The van der Waals surface area contributed by atoms with E-state index in [1.54, 1.807) is 24.3 Å². The van der Waals surface area contributed by atoms with Crippen molar-refractivity contribution in [3.8, 4) is 5.75 Å². The van der Waals surface area contributed by atoms with E-state index in [2.05, 4.69) is 35.0 Å². The van der Waals surface area contributed by atoms with Gasteiger partial charge in [-0.25, -0.2) is 5.43 Å². The molecular formula is C29H32N4O4. The Balaban J connectivity index is 1.43. The summed E-state index contributed by atoms with van der Waals surface area (Å²) in [6, 6.07) is 20.4. The lowest BCUT2D eigenvalue weighted by molar-refractivity contribution is -0.139. The van der Waals surface area contributed by atoms with Gasteiger partial charge in [0.25, 0.3) is 5.91 Å². The third-order valence-corrected chi connectivity index (χ3v) is 5.70. The summed E-state index contributed by atoms with van der Waals surface area (Å²) in [5.41, 5.74) is 7.88. The van der Waals surface area contributed by atoms with E-state index >= 15 is 0 Å². The van der Waals surface area contributed by atoms with Crippen LogP contribution in [0, 0.1) is 13.8 Å². The molecule has 0 aliphatic rings. The molecule has 0 spiro atoms. The molecule has 0 unspecified atom stereocenters. The zero-order valence-corrected chi connectivity index (χ0v) is 21.5. The van der Waals surface area contributed by atoms with Crippen molar-refractivity contribution in [1.29, 1.82) is 0 Å². The fourth-order valence-corrected chi connectivity index (χ4v) is 3.35. The largest absolute Gasteiger partial charge is 0.484 e. The monoisotopic (exact) mass is 500 g/mol. The van der Waals surface area contributed by atoms with Gasteiger partial charge < -0.3 is 15.4 Å². The Morgan fingerprint density at radius 1 is 0.919 bits per heavy atom. The Kier molecular flexibility index (Phi) is 9.55. The van der Waals surface area contributed by atoms with Crippen molar-refractivity contribution < 1.29 is 19.1 Å². The maximum atomic E-state index is 12.2. The third-order valence-electron chi connectivity index (χ3n) is 5.70. The van der Waals surface area contributed by atoms with Gasteiger partial charge in [0.1, 0.15) is 5.75 Å². The van der Waals surface area contributed by atoms with Crippen LogP contribution in [-0.4, -0.2) is 30.5 Å². The Labute approximate surface area is 217 Å². The second-order valence-corrected chi connectivity index (χ2v) is 8.99. The highest BCUT2D eigenvalue weighted by Gasteiger charge is 2.12. The van der Waals surface area contributed by atoms with E-state index in [1.165, 1.54) is 11.8 Å². The minimum atomic E-state index is -0.870. The van der Waals surface area contributed by atoms with E-state index < -0.39 is 11.8 Å². The Bertz CT molecular complexity index is 1280. The molecule has 3 N–H and O–H groups in total. The maximum Gasteiger partial charge on any atom is 0.329 e. The summed E-state index contributed by atoms with van der Waals surface area (Å²) in [6.45, 7) is 8.29. The van der Waals surface area contributed by atoms with Crippen molar-refractivity contribution in [3.63, 3.8) is 0 Å². The van der Waals surface area contributed by atoms with Crippen LogP contribution in [0.25, 0.3) is 0 Å². The van der Waals surface area contributed by atoms with Crippen LogP contribution in [0.3, 0.4) is 0 Å². The van der Waals surface area contributed by atoms with Gasteiger partial charge in [-0.3, -0.25) is 14.4 Å². The van der Waals surface area contributed by atoms with Crippen LogP contribution >= 0.6 is 0 Å². The number of rotatable bonds is 9. The van der Waals surface area contributed by atoms with Crippen LogP contribution in [0.15, 0.2) is 71.8 Å². The zero-order chi connectivity index (χ0) is 26.8. The van der Waals surface area contributed by atoms with Crippen molar-refractivity contribution in [1.82, 2.24) is 10.7 Å². The summed E-state index contributed by atoms with van der Waals surface area (Å²) in [6.07, 6.45) is 1.39. The van der Waals surface area contributed by atoms with Crippen molar-refractivity contribution in [3.05, 3.63) is 94.5 Å². The molecule has 0 aliphatic heterocycles. The number of hydrazone groups is 1. The number of carbonyl (C=O) groups is 3. The van der Waals surface area contributed by atoms with Crippen LogP contribution in [0.1, 0.15) is 47.6 Å². The number of aryl methyl sites for hydroxylation is 2. The lowest BCUT2D eigenvalue weighted by atomic mass is 10.0. The average molecular weight is 501 g/mol. The number of anilines is 1. The summed E-state index contributed by atoms with van der Waals surface area (Å²) < 4.78 is 5.57. The molecule has 37 heavy (non-hydrogen) atoms. The van der Waals surface area contributed by atoms with Crippen molar-refractivity contribution >= 4 is 29.6 Å². The van der Waals surface area contributed by atoms with E-state index in [0.717, 1.165) is 16.7 Å². The number of ether oxygens (including phenoxy) is 1. The summed E-state index contributed by atoms with van der Waals surface area (Å²) in [4.78, 5) is 36.3. The minimum absolute atomic E-state index is 0.162. The van der Waals surface area contributed by atoms with Crippen molar-refractivity contribution in [2.45, 2.75) is 40.2 Å². The quantitative estimate of drug-likeness (QED) is 0.232. The Hall–Kier alpha value is -4.46. The molecule has 8 heteroatoms. The smallest absolute Gasteiger partial charge is 0.329 e. The minimum Gasteiger partial charge on any atom is -0.484 e. The van der Waals surface area contributed by atoms with Crippen molar-refractivity contribution in [2.24, 2.45) is 5.10 Å². The van der Waals surface area contributed by atoms with Crippen LogP contribution in [-0.2, 0) is 20.9 Å². The van der Waals surface area contributed by atoms with Gasteiger partial charge in [-0.2, -0.15) is 5.10 Å². The van der Waals surface area contributed by atoms with E-state index in [-0.39, 0.29) is 19.1 Å². The predicted octanol–water partition coefficient (Wildman–Crippen LogP) is 4.21. The highest BCUT2D eigenvalue weighted by Crippen LogP contribution is 2.16. The van der Waals surface area contributed by atoms with Gasteiger partial charge in [0.15, 0.2) is 6.61 Å². The van der Waals surface area contributed by atoms with Gasteiger partial charge in [0.2, 0.25) is 0 Å². The Morgan fingerprint density at radius 3 is 2.38 bits per heavy atom. The highest BCUT2D eigenvalue weighted by atomic mass is 16.5. The van der Waals surface area contributed by atoms with Gasteiger partial charge in [-0.1, -0.05) is 56.3 Å². The van der Waals surface area contributed by atoms with Crippen LogP contribution in [0.2, 0.25) is 0 Å². The number of carbonyl (C=O) groups excluding carboxylic acids is 3. The van der Waals surface area contributed by atoms with Gasteiger partial charge in [-0.05, 0) is 71.8 Å². The lowest BCUT2D eigenvalue weighted by Crippen LogP contribution is -2.37. The lowest BCUT2D eigenvalue weighted by Gasteiger charge is -2.09. The normalized spacial score (nSPS) is 10.8. The average Bonchev–Trinajstić information content (AvgIpc) is 2.88. The number of nitrogens with one attached hydrogen (secondary N) is 3. The van der Waals surface area contributed by atoms with Crippen LogP contribution < -0.4 is 20.8 Å². The molecule has 0 saturated carbocycles. The first-order valence-electron chi connectivity index (χ1n) is 12.0. The molecule has 0 aromatic heterocycles. The first-order chi connectivity index (χ1) is 17.7. The number of nitrogens with zero attached hydrogens (tertiary/aromatic N) is 1. The molecule has 0 atom stereocenters. The SMILES string of the molecule is Cc1ccc(NC(=O)COc2cccc(/C=N\NC(=O)C(=O)NCc3ccc(C(C)C)cc3)c2)cc1C. The van der Waals surface area contributed by atoms with E-state index in [1.807, 2.05) is 56.3 Å². The fraction of sp³-hybridized carbons (Fsp3) is 0.241. The molecule has 3 aromatic rings. The fourth-order valence-electron chi connectivity index (χ4n) is 3.35. The van der Waals surface area contributed by atoms with Crippen LogP contribution in [0.5, 0.6) is 5.75 Å². The molecule has 0 bridgehead atoms. The number of benzene rings is 3. The first kappa shape index (κ1) is 27.1. The molecule has 3 rings (SSSR count). The first-order valence-corrected chi connectivity index (χ1v) is 12.0. The molecule has 0 radical (unpaired) electrons. The van der Waals surface area contributed by atoms with Gasteiger partial charge in [0.05, 0.1) is 6.21 Å². The summed E-state index contributed by atoms with van der Waals surface area (Å²) in [5, 5.41) is 9.21. The predicted molar refractivity (Wildman–Crippen MR) is 145 cm³/mol. The second kappa shape index (κ2) is 13.0. The van der Waals surface area contributed by atoms with E-state index in [9.17, 15) is 14.4 Å². The van der Waals surface area contributed by atoms with E-state index in [4.69, 9.17) is 4.74 Å². The topological polar surface area (TPSA) is 109 Å². The van der Waals surface area contributed by atoms with Crippen LogP contribution in [0.4, 0.5) is 5.69 Å². The second-order valence-electron chi connectivity index (χ2n) is 8.99. The van der Waals surface area contributed by atoms with Crippen molar-refractivity contribution in [2.75, 3.05) is 11.9 Å². The highest BCUT2D eigenvalue weighted by molar-refractivity contribution is 6.35. The molecule has 8 nitrogen and oxygen atoms in total. The standard InChI is InChI=1S/C29H32N4O4/c1-19(2)24-11-9-22(10-12-24)16-30-28(35)29(36)33-31-17-23-6-5-7-26(15-23)37-18-27(34)32-25-13-8-20(3)21(4)14-25/h5-15,17,19H,16,18H2,1-4H3,(H,30,35)(H,32,34)(H,33,36)/b31-17-. The molecule has 0 aliphatic carbocycles. The molecular weight excluding hydrogens is 468 g/mol. The number of hydrogen-bond donors (Lipinski definition) is 3. The van der Waals surface area contributed by atoms with Gasteiger partial charge in [-0.15, -0.1) is 0 Å². The van der Waals surface area contributed by atoms with E-state index in [0.29, 0.717) is 22.9 Å². The Morgan fingerprint density at radius 2 is 1.68 bits per heavy atom. The summed E-state index contributed by atoms with van der Waals surface area (Å²) in [7, 11) is 0. The zero-order valence-electron chi connectivity index (χ0n) is 21.5. The molecule has 0 heterocycles. The summed E-state index contributed by atoms with van der Waals surface area (Å²) >= 11 is 0. The third kappa shape index (κ3) is 8.61. The molecule has 0 saturated heterocycles. The molecule has 3 amide bonds. The number of amides is 3. The van der Waals surface area contributed by atoms with Gasteiger partial charge >= 0.3 is 11.8 Å². The number of hydrogen-bond acceptors (Lipinski definition) is 5. The molecule has 192 valence electrons. The maximum absolute atomic E-state index is 12.2. The molecule has 0 fully saturated rings.